The molecule has 0 radical (unpaired) electrons. The lowest BCUT2D eigenvalue weighted by molar-refractivity contribution is 0.0922. The van der Waals surface area contributed by atoms with Crippen LogP contribution in [0.2, 0.25) is 0 Å². The standard InChI is InChI=1S/C15H18N4O2/c1-9(2)13-12(18-8-21-13)15(20)19-11(10-4-5-10)14-16-6-3-7-17-14/h3,6-11H,4-5H2,1-2H3,(H,19,20). The molecule has 0 aromatic carbocycles. The molecule has 0 bridgehead atoms. The van der Waals surface area contributed by atoms with Gasteiger partial charge in [0.1, 0.15) is 5.76 Å². The number of carbonyl (C=O) groups excluding carboxylic acids is 1. The number of nitrogens with zero attached hydrogens (tertiary/aromatic N) is 3. The first-order valence-electron chi connectivity index (χ1n) is 7.18. The van der Waals surface area contributed by atoms with Gasteiger partial charge in [0.15, 0.2) is 17.9 Å². The summed E-state index contributed by atoms with van der Waals surface area (Å²) in [5, 5.41) is 3.01. The molecule has 2 heterocycles. The van der Waals surface area contributed by atoms with Crippen molar-refractivity contribution in [2.75, 3.05) is 0 Å². The quantitative estimate of drug-likeness (QED) is 0.913. The number of hydrogen-bond donors (Lipinski definition) is 1. The van der Waals surface area contributed by atoms with E-state index < -0.39 is 0 Å². The SMILES string of the molecule is CC(C)c1ocnc1C(=O)NC(c1ncccn1)C1CC1. The average molecular weight is 286 g/mol. The summed E-state index contributed by atoms with van der Waals surface area (Å²) in [6, 6.07) is 1.61. The summed E-state index contributed by atoms with van der Waals surface area (Å²) in [6.45, 7) is 3.94. The maximum Gasteiger partial charge on any atom is 0.274 e. The zero-order valence-electron chi connectivity index (χ0n) is 12.1. The second kappa shape index (κ2) is 5.63. The van der Waals surface area contributed by atoms with E-state index in [0.717, 1.165) is 12.8 Å². The first-order valence-corrected chi connectivity index (χ1v) is 7.18. The third-order valence-electron chi connectivity index (χ3n) is 3.58. The number of aromatic nitrogens is 3. The zero-order chi connectivity index (χ0) is 14.8. The minimum absolute atomic E-state index is 0.112. The van der Waals surface area contributed by atoms with Gasteiger partial charge < -0.3 is 9.73 Å². The van der Waals surface area contributed by atoms with Gasteiger partial charge in [0.25, 0.3) is 5.91 Å². The van der Waals surface area contributed by atoms with E-state index in [4.69, 9.17) is 4.42 Å². The summed E-state index contributed by atoms with van der Waals surface area (Å²) in [6.07, 6.45) is 6.87. The van der Waals surface area contributed by atoms with Crippen molar-refractivity contribution in [3.05, 3.63) is 42.1 Å². The van der Waals surface area contributed by atoms with Gasteiger partial charge in [-0.1, -0.05) is 13.8 Å². The van der Waals surface area contributed by atoms with Crippen molar-refractivity contribution in [2.24, 2.45) is 5.92 Å². The van der Waals surface area contributed by atoms with Gasteiger partial charge in [-0.2, -0.15) is 0 Å². The van der Waals surface area contributed by atoms with E-state index in [1.807, 2.05) is 13.8 Å². The van der Waals surface area contributed by atoms with Gasteiger partial charge in [0, 0.05) is 18.3 Å². The Bertz CT molecular complexity index is 620. The molecule has 1 aliphatic carbocycles. The number of nitrogens with one attached hydrogen (secondary N) is 1. The third-order valence-corrected chi connectivity index (χ3v) is 3.58. The summed E-state index contributed by atoms with van der Waals surface area (Å²) in [7, 11) is 0. The third kappa shape index (κ3) is 2.94. The molecule has 1 amide bonds. The summed E-state index contributed by atoms with van der Waals surface area (Å²) < 4.78 is 5.31. The molecule has 6 nitrogen and oxygen atoms in total. The van der Waals surface area contributed by atoms with Crippen LogP contribution < -0.4 is 5.32 Å². The van der Waals surface area contributed by atoms with Gasteiger partial charge in [0.2, 0.25) is 0 Å². The molecule has 0 spiro atoms. The van der Waals surface area contributed by atoms with Crippen LogP contribution in [0, 0.1) is 5.92 Å². The average Bonchev–Trinajstić information content (AvgIpc) is 3.20. The Hall–Kier alpha value is -2.24. The van der Waals surface area contributed by atoms with E-state index >= 15 is 0 Å². The fourth-order valence-corrected chi connectivity index (χ4v) is 2.34. The highest BCUT2D eigenvalue weighted by molar-refractivity contribution is 5.93. The highest BCUT2D eigenvalue weighted by Gasteiger charge is 2.36. The second-order valence-electron chi connectivity index (χ2n) is 5.62. The zero-order valence-corrected chi connectivity index (χ0v) is 12.1. The van der Waals surface area contributed by atoms with E-state index in [9.17, 15) is 4.79 Å². The summed E-state index contributed by atoms with van der Waals surface area (Å²) >= 11 is 0. The Balaban J connectivity index is 1.80. The van der Waals surface area contributed by atoms with Crippen LogP contribution in [-0.2, 0) is 0 Å². The van der Waals surface area contributed by atoms with Crippen molar-refractivity contribution in [2.45, 2.75) is 38.6 Å². The lowest BCUT2D eigenvalue weighted by Gasteiger charge is -2.16. The Morgan fingerprint density at radius 3 is 2.62 bits per heavy atom. The molecule has 1 unspecified atom stereocenters. The highest BCUT2D eigenvalue weighted by Crippen LogP contribution is 2.40. The Morgan fingerprint density at radius 1 is 1.29 bits per heavy atom. The largest absolute Gasteiger partial charge is 0.447 e. The number of amides is 1. The van der Waals surface area contributed by atoms with Crippen molar-refractivity contribution in [3.63, 3.8) is 0 Å². The maximum atomic E-state index is 12.5. The molecule has 1 atom stereocenters. The fourth-order valence-electron chi connectivity index (χ4n) is 2.34. The Labute approximate surface area is 123 Å². The van der Waals surface area contributed by atoms with Gasteiger partial charge in [-0.15, -0.1) is 0 Å². The minimum atomic E-state index is -0.225. The molecular formula is C15H18N4O2. The van der Waals surface area contributed by atoms with Gasteiger partial charge in [-0.05, 0) is 24.8 Å². The number of carbonyl (C=O) groups is 1. The van der Waals surface area contributed by atoms with Crippen LogP contribution in [0.25, 0.3) is 0 Å². The number of oxazole rings is 1. The first-order chi connectivity index (χ1) is 10.2. The van der Waals surface area contributed by atoms with Crippen molar-refractivity contribution in [1.29, 1.82) is 0 Å². The van der Waals surface area contributed by atoms with Crippen LogP contribution in [0.4, 0.5) is 0 Å². The summed E-state index contributed by atoms with van der Waals surface area (Å²) in [5.41, 5.74) is 0.353. The molecule has 21 heavy (non-hydrogen) atoms. The molecule has 0 saturated heterocycles. The Morgan fingerprint density at radius 2 is 2.00 bits per heavy atom. The molecule has 110 valence electrons. The van der Waals surface area contributed by atoms with Gasteiger partial charge in [0.05, 0.1) is 6.04 Å². The molecular weight excluding hydrogens is 268 g/mol. The van der Waals surface area contributed by atoms with E-state index in [1.165, 1.54) is 6.39 Å². The molecule has 2 aromatic heterocycles. The number of rotatable bonds is 5. The van der Waals surface area contributed by atoms with Crippen molar-refractivity contribution >= 4 is 5.91 Å². The minimum Gasteiger partial charge on any atom is -0.447 e. The molecule has 6 heteroatoms. The highest BCUT2D eigenvalue weighted by atomic mass is 16.3. The molecule has 1 saturated carbocycles. The topological polar surface area (TPSA) is 80.9 Å². The monoisotopic (exact) mass is 286 g/mol. The lowest BCUT2D eigenvalue weighted by Crippen LogP contribution is -2.32. The van der Waals surface area contributed by atoms with E-state index in [2.05, 4.69) is 20.3 Å². The molecule has 3 rings (SSSR count). The molecule has 0 aliphatic heterocycles. The van der Waals surface area contributed by atoms with E-state index in [0.29, 0.717) is 23.2 Å². The van der Waals surface area contributed by atoms with Crippen molar-refractivity contribution < 1.29 is 9.21 Å². The van der Waals surface area contributed by atoms with Crippen molar-refractivity contribution in [3.8, 4) is 0 Å². The molecule has 2 aromatic rings. The van der Waals surface area contributed by atoms with Crippen LogP contribution in [0.5, 0.6) is 0 Å². The molecule has 1 fully saturated rings. The van der Waals surface area contributed by atoms with Crippen LogP contribution in [0.3, 0.4) is 0 Å². The molecule has 1 aliphatic rings. The lowest BCUT2D eigenvalue weighted by atomic mass is 10.1. The van der Waals surface area contributed by atoms with Crippen LogP contribution in [0.15, 0.2) is 29.3 Å². The predicted molar refractivity (Wildman–Crippen MR) is 75.6 cm³/mol. The number of hydrogen-bond acceptors (Lipinski definition) is 5. The van der Waals surface area contributed by atoms with Crippen molar-refractivity contribution in [1.82, 2.24) is 20.3 Å². The van der Waals surface area contributed by atoms with Gasteiger partial charge in [-0.25, -0.2) is 15.0 Å². The van der Waals surface area contributed by atoms with Gasteiger partial charge >= 0.3 is 0 Å². The Kier molecular flexibility index (Phi) is 3.68. The maximum absolute atomic E-state index is 12.5. The molecule has 1 N–H and O–H groups in total. The van der Waals surface area contributed by atoms with E-state index in [1.54, 1.807) is 18.5 Å². The summed E-state index contributed by atoms with van der Waals surface area (Å²) in [5.74, 6) is 1.56. The second-order valence-corrected chi connectivity index (χ2v) is 5.62. The van der Waals surface area contributed by atoms with Gasteiger partial charge in [-0.3, -0.25) is 4.79 Å². The smallest absolute Gasteiger partial charge is 0.274 e. The van der Waals surface area contributed by atoms with Crippen LogP contribution in [-0.4, -0.2) is 20.9 Å². The normalized spacial score (nSPS) is 16.0. The first kappa shape index (κ1) is 13.7. The van der Waals surface area contributed by atoms with Crippen LogP contribution >= 0.6 is 0 Å². The predicted octanol–water partition coefficient (Wildman–Crippen LogP) is 2.47. The summed E-state index contributed by atoms with van der Waals surface area (Å²) in [4.78, 5) is 25.0. The fraction of sp³-hybridized carbons (Fsp3) is 0.467. The van der Waals surface area contributed by atoms with Crippen LogP contribution in [0.1, 0.15) is 60.7 Å². The van der Waals surface area contributed by atoms with E-state index in [-0.39, 0.29) is 17.9 Å².